The van der Waals surface area contributed by atoms with Crippen LogP contribution in [0.2, 0.25) is 0 Å². The fourth-order valence-corrected chi connectivity index (χ4v) is 3.41. The summed E-state index contributed by atoms with van der Waals surface area (Å²) >= 11 is 0. The summed E-state index contributed by atoms with van der Waals surface area (Å²) in [6.07, 6.45) is 0. The van der Waals surface area contributed by atoms with E-state index in [2.05, 4.69) is 36.8 Å². The first-order chi connectivity index (χ1) is 11.5. The molecule has 1 aliphatic rings. The van der Waals surface area contributed by atoms with E-state index in [4.69, 9.17) is 8.83 Å². The first kappa shape index (κ1) is 15.3. The lowest BCUT2D eigenvalue weighted by molar-refractivity contribution is 0.312. The van der Waals surface area contributed by atoms with Crippen molar-refractivity contribution in [1.82, 2.24) is 4.90 Å². The van der Waals surface area contributed by atoms with Crippen molar-refractivity contribution in [2.45, 2.75) is 19.8 Å². The Morgan fingerprint density at radius 2 is 1.75 bits per heavy atom. The van der Waals surface area contributed by atoms with Crippen molar-refractivity contribution in [3.8, 4) is 0 Å². The van der Waals surface area contributed by atoms with Crippen molar-refractivity contribution in [1.29, 1.82) is 0 Å². The number of furan rings is 1. The van der Waals surface area contributed by atoms with Gasteiger partial charge in [0.15, 0.2) is 0 Å². The van der Waals surface area contributed by atoms with Crippen LogP contribution in [0.3, 0.4) is 0 Å². The summed E-state index contributed by atoms with van der Waals surface area (Å²) in [6, 6.07) is 7.21. The molecule has 0 unspecified atom stereocenters. The summed E-state index contributed by atoms with van der Waals surface area (Å²) in [5.41, 5.74) is 2.22. The Labute approximate surface area is 140 Å². The van der Waals surface area contributed by atoms with Gasteiger partial charge in [0.2, 0.25) is 0 Å². The summed E-state index contributed by atoms with van der Waals surface area (Å²) in [6.45, 7) is 8.38. The molecule has 0 bridgehead atoms. The normalized spacial score (nSPS) is 16.6. The fourth-order valence-electron chi connectivity index (χ4n) is 3.41. The Morgan fingerprint density at radius 3 is 2.46 bits per heavy atom. The van der Waals surface area contributed by atoms with Crippen LogP contribution in [0, 0.1) is 0 Å². The van der Waals surface area contributed by atoms with E-state index in [-0.39, 0.29) is 5.63 Å². The van der Waals surface area contributed by atoms with Crippen molar-refractivity contribution in [2.24, 2.45) is 0 Å². The first-order valence-corrected chi connectivity index (χ1v) is 8.47. The molecular weight excluding hydrogens is 304 g/mol. The van der Waals surface area contributed by atoms with Crippen LogP contribution in [0.5, 0.6) is 0 Å². The van der Waals surface area contributed by atoms with Gasteiger partial charge < -0.3 is 18.6 Å². The minimum absolute atomic E-state index is 0.294. The number of rotatable bonds is 2. The van der Waals surface area contributed by atoms with E-state index in [9.17, 15) is 4.79 Å². The Bertz CT molecular complexity index is 946. The van der Waals surface area contributed by atoms with Crippen LogP contribution in [0.15, 0.2) is 37.9 Å². The second-order valence-corrected chi connectivity index (χ2v) is 6.90. The molecule has 0 spiro atoms. The highest BCUT2D eigenvalue weighted by molar-refractivity contribution is 6.01. The number of anilines is 1. The Morgan fingerprint density at radius 1 is 1.00 bits per heavy atom. The van der Waals surface area contributed by atoms with Crippen molar-refractivity contribution >= 4 is 27.6 Å². The quantitative estimate of drug-likeness (QED) is 0.676. The predicted octanol–water partition coefficient (Wildman–Crippen LogP) is 3.41. The number of piperazine rings is 1. The molecule has 1 fully saturated rings. The largest absolute Gasteiger partial charge is 0.458 e. The number of hydrogen-bond acceptors (Lipinski definition) is 5. The van der Waals surface area contributed by atoms with E-state index in [0.29, 0.717) is 11.5 Å². The van der Waals surface area contributed by atoms with Gasteiger partial charge in [0.25, 0.3) is 0 Å². The molecule has 5 nitrogen and oxygen atoms in total. The third kappa shape index (κ3) is 2.49. The van der Waals surface area contributed by atoms with Crippen molar-refractivity contribution < 1.29 is 8.83 Å². The zero-order valence-corrected chi connectivity index (χ0v) is 14.3. The Balaban J connectivity index is 1.93. The topological polar surface area (TPSA) is 49.8 Å². The maximum absolute atomic E-state index is 11.5. The van der Waals surface area contributed by atoms with Gasteiger partial charge in [0.05, 0.1) is 5.69 Å². The number of nitrogens with zero attached hydrogens (tertiary/aromatic N) is 2. The summed E-state index contributed by atoms with van der Waals surface area (Å²) in [7, 11) is 2.16. The molecule has 0 aliphatic carbocycles. The summed E-state index contributed by atoms with van der Waals surface area (Å²) in [5, 5.41) is 2.03. The molecule has 1 aromatic carbocycles. The van der Waals surface area contributed by atoms with Crippen LogP contribution in [-0.4, -0.2) is 38.1 Å². The van der Waals surface area contributed by atoms with Crippen molar-refractivity contribution in [3.63, 3.8) is 0 Å². The number of benzene rings is 1. The average Bonchev–Trinajstić information content (AvgIpc) is 2.92. The van der Waals surface area contributed by atoms with Crippen LogP contribution in [0.1, 0.15) is 25.5 Å². The summed E-state index contributed by atoms with van der Waals surface area (Å²) in [4.78, 5) is 16.2. The van der Waals surface area contributed by atoms with Gasteiger partial charge >= 0.3 is 5.63 Å². The van der Waals surface area contributed by atoms with Crippen molar-refractivity contribution in [3.05, 3.63) is 40.4 Å². The molecule has 1 aliphatic heterocycles. The van der Waals surface area contributed by atoms with E-state index in [1.807, 2.05) is 12.1 Å². The number of likely N-dealkylation sites (N-methyl/N-ethyl adjacent to an activating group) is 1. The minimum Gasteiger partial charge on any atom is -0.458 e. The summed E-state index contributed by atoms with van der Waals surface area (Å²) < 4.78 is 11.5. The molecule has 2 aromatic heterocycles. The smallest absolute Gasteiger partial charge is 0.336 e. The lowest BCUT2D eigenvalue weighted by Gasteiger charge is -2.34. The maximum Gasteiger partial charge on any atom is 0.336 e. The minimum atomic E-state index is -0.336. The van der Waals surface area contributed by atoms with Gasteiger partial charge in [-0.25, -0.2) is 4.79 Å². The van der Waals surface area contributed by atoms with Gasteiger partial charge in [-0.15, -0.1) is 0 Å². The molecule has 1 saturated heterocycles. The van der Waals surface area contributed by atoms with Gasteiger partial charge in [-0.1, -0.05) is 13.8 Å². The molecular formula is C19H22N2O3. The highest BCUT2D eigenvalue weighted by atomic mass is 16.4. The third-order valence-electron chi connectivity index (χ3n) is 4.77. The lowest BCUT2D eigenvalue weighted by atomic mass is 10.1. The van der Waals surface area contributed by atoms with Crippen LogP contribution in [-0.2, 0) is 0 Å². The van der Waals surface area contributed by atoms with Gasteiger partial charge in [0.1, 0.15) is 16.9 Å². The molecule has 3 aromatic rings. The Kier molecular flexibility index (Phi) is 3.61. The molecule has 0 atom stereocenters. The molecule has 0 radical (unpaired) electrons. The number of fused-ring (bicyclic) bond motifs is 2. The van der Waals surface area contributed by atoms with E-state index in [1.165, 1.54) is 11.8 Å². The summed E-state index contributed by atoms with van der Waals surface area (Å²) in [5.74, 6) is 1.30. The van der Waals surface area contributed by atoms with Crippen molar-refractivity contribution in [2.75, 3.05) is 38.1 Å². The Hall–Kier alpha value is -2.27. The third-order valence-corrected chi connectivity index (χ3v) is 4.77. The molecule has 3 heterocycles. The molecule has 0 amide bonds. The number of hydrogen-bond donors (Lipinski definition) is 0. The molecule has 4 rings (SSSR count). The monoisotopic (exact) mass is 326 g/mol. The van der Waals surface area contributed by atoms with Gasteiger partial charge in [0, 0.05) is 55.0 Å². The van der Waals surface area contributed by atoms with E-state index in [1.54, 1.807) is 0 Å². The molecule has 5 heteroatoms. The maximum atomic E-state index is 11.5. The van der Waals surface area contributed by atoms with Gasteiger partial charge in [-0.2, -0.15) is 0 Å². The SMILES string of the molecule is CC(C)c1oc2cc3oc(=O)ccc3cc2c1N1CCN(C)CC1. The van der Waals surface area contributed by atoms with Crippen LogP contribution in [0.4, 0.5) is 5.69 Å². The average molecular weight is 326 g/mol. The van der Waals surface area contributed by atoms with E-state index >= 15 is 0 Å². The zero-order valence-electron chi connectivity index (χ0n) is 14.3. The second-order valence-electron chi connectivity index (χ2n) is 6.90. The van der Waals surface area contributed by atoms with Gasteiger partial charge in [-0.05, 0) is 19.2 Å². The first-order valence-electron chi connectivity index (χ1n) is 8.47. The van der Waals surface area contributed by atoms with Crippen LogP contribution >= 0.6 is 0 Å². The predicted molar refractivity (Wildman–Crippen MR) is 96.1 cm³/mol. The molecule has 0 N–H and O–H groups in total. The van der Waals surface area contributed by atoms with Gasteiger partial charge in [-0.3, -0.25) is 0 Å². The molecule has 24 heavy (non-hydrogen) atoms. The van der Waals surface area contributed by atoms with Crippen LogP contribution < -0.4 is 10.5 Å². The highest BCUT2D eigenvalue weighted by Crippen LogP contribution is 2.40. The van der Waals surface area contributed by atoms with Crippen LogP contribution in [0.25, 0.3) is 21.9 Å². The molecule has 0 saturated carbocycles. The lowest BCUT2D eigenvalue weighted by Crippen LogP contribution is -2.44. The zero-order chi connectivity index (χ0) is 16.8. The van der Waals surface area contributed by atoms with E-state index in [0.717, 1.165) is 48.3 Å². The fraction of sp³-hybridized carbons (Fsp3) is 0.421. The second kappa shape index (κ2) is 5.67. The molecule has 126 valence electrons. The standard InChI is InChI=1S/C19H22N2O3/c1-12(2)19-18(21-8-6-20(3)7-9-21)14-10-13-4-5-17(22)23-15(13)11-16(14)24-19/h4-5,10-12H,6-9H2,1-3H3. The highest BCUT2D eigenvalue weighted by Gasteiger charge is 2.25. The van der Waals surface area contributed by atoms with E-state index < -0.39 is 0 Å².